The average molecular weight is 264 g/mol. The molecule has 0 radical (unpaired) electrons. The summed E-state index contributed by atoms with van der Waals surface area (Å²) in [4.78, 5) is 2.57. The van der Waals surface area contributed by atoms with Crippen LogP contribution in [0, 0.1) is 0 Å². The van der Waals surface area contributed by atoms with Crippen LogP contribution in [0.15, 0.2) is 12.3 Å². The first-order valence-electron chi connectivity index (χ1n) is 7.76. The van der Waals surface area contributed by atoms with Crippen LogP contribution in [0.25, 0.3) is 0 Å². The molecule has 19 heavy (non-hydrogen) atoms. The summed E-state index contributed by atoms with van der Waals surface area (Å²) >= 11 is 0. The maximum Gasteiger partial charge on any atom is 0.0762 e. The highest BCUT2D eigenvalue weighted by Gasteiger charge is 2.10. The lowest BCUT2D eigenvalue weighted by molar-refractivity contribution is 0.331. The van der Waals surface area contributed by atoms with E-state index in [2.05, 4.69) is 46.1 Å². The van der Waals surface area contributed by atoms with Crippen molar-refractivity contribution in [1.82, 2.24) is 20.0 Å². The van der Waals surface area contributed by atoms with E-state index < -0.39 is 0 Å². The zero-order chi connectivity index (χ0) is 13.5. The van der Waals surface area contributed by atoms with Crippen molar-refractivity contribution in [2.45, 2.75) is 52.1 Å². The van der Waals surface area contributed by atoms with Gasteiger partial charge in [0.1, 0.15) is 0 Å². The van der Waals surface area contributed by atoms with Crippen molar-refractivity contribution in [2.24, 2.45) is 0 Å². The molecule has 0 aromatic carbocycles. The predicted molar refractivity (Wildman–Crippen MR) is 79.2 cm³/mol. The molecule has 2 rings (SSSR count). The molecule has 0 aliphatic carbocycles. The molecule has 1 aromatic rings. The molecular formula is C15H28N4. The van der Waals surface area contributed by atoms with E-state index in [9.17, 15) is 0 Å². The van der Waals surface area contributed by atoms with Gasteiger partial charge in [0.25, 0.3) is 0 Å². The number of likely N-dealkylation sites (tertiary alicyclic amines) is 1. The molecule has 0 bridgehead atoms. The van der Waals surface area contributed by atoms with Crippen LogP contribution < -0.4 is 5.32 Å². The molecule has 1 aliphatic heterocycles. The van der Waals surface area contributed by atoms with Gasteiger partial charge in [-0.05, 0) is 64.9 Å². The maximum absolute atomic E-state index is 4.60. The number of aromatic nitrogens is 2. The Balaban J connectivity index is 1.58. The first kappa shape index (κ1) is 14.5. The van der Waals surface area contributed by atoms with Gasteiger partial charge in [0.05, 0.1) is 5.69 Å². The van der Waals surface area contributed by atoms with Crippen LogP contribution in [0.4, 0.5) is 0 Å². The molecule has 1 unspecified atom stereocenters. The van der Waals surface area contributed by atoms with Gasteiger partial charge >= 0.3 is 0 Å². The van der Waals surface area contributed by atoms with Crippen molar-refractivity contribution < 1.29 is 0 Å². The van der Waals surface area contributed by atoms with Gasteiger partial charge in [0.15, 0.2) is 0 Å². The predicted octanol–water partition coefficient (Wildman–Crippen LogP) is 2.43. The zero-order valence-corrected chi connectivity index (χ0v) is 12.4. The summed E-state index contributed by atoms with van der Waals surface area (Å²) in [5.74, 6) is 0. The molecular weight excluding hydrogens is 236 g/mol. The maximum atomic E-state index is 4.60. The Morgan fingerprint density at radius 3 is 2.89 bits per heavy atom. The summed E-state index contributed by atoms with van der Waals surface area (Å²) in [6.45, 7) is 10.2. The molecule has 2 heterocycles. The molecule has 0 amide bonds. The van der Waals surface area contributed by atoms with Gasteiger partial charge < -0.3 is 10.2 Å². The van der Waals surface area contributed by atoms with Crippen LogP contribution in [-0.2, 0) is 6.54 Å². The standard InChI is InChI=1S/C15H28N4/c1-3-14(2)19-12-7-15(17-19)13-16-8-6-11-18-9-4-5-10-18/h7,12,14,16H,3-6,8-11,13H2,1-2H3. The van der Waals surface area contributed by atoms with Gasteiger partial charge in [-0.3, -0.25) is 4.68 Å². The summed E-state index contributed by atoms with van der Waals surface area (Å²) in [6, 6.07) is 2.63. The molecule has 0 spiro atoms. The van der Waals surface area contributed by atoms with Crippen molar-refractivity contribution in [3.63, 3.8) is 0 Å². The van der Waals surface area contributed by atoms with E-state index in [0.717, 1.165) is 25.2 Å². The molecule has 1 atom stereocenters. The number of hydrogen-bond acceptors (Lipinski definition) is 3. The van der Waals surface area contributed by atoms with Crippen molar-refractivity contribution in [1.29, 1.82) is 0 Å². The first-order chi connectivity index (χ1) is 9.29. The van der Waals surface area contributed by atoms with Gasteiger partial charge in [0, 0.05) is 18.8 Å². The minimum Gasteiger partial charge on any atom is -0.311 e. The monoisotopic (exact) mass is 264 g/mol. The smallest absolute Gasteiger partial charge is 0.0762 e. The highest BCUT2D eigenvalue weighted by Crippen LogP contribution is 2.09. The van der Waals surface area contributed by atoms with Gasteiger partial charge in [-0.1, -0.05) is 6.92 Å². The summed E-state index contributed by atoms with van der Waals surface area (Å²) in [6.07, 6.45) is 7.24. The molecule has 1 saturated heterocycles. The lowest BCUT2D eigenvalue weighted by Gasteiger charge is -2.14. The van der Waals surface area contributed by atoms with Crippen molar-refractivity contribution in [2.75, 3.05) is 26.2 Å². The third kappa shape index (κ3) is 4.62. The fourth-order valence-electron chi connectivity index (χ4n) is 2.55. The Kier molecular flexibility index (Phi) is 5.86. The lowest BCUT2D eigenvalue weighted by Crippen LogP contribution is -2.24. The van der Waals surface area contributed by atoms with Gasteiger partial charge in [0.2, 0.25) is 0 Å². The third-order valence-electron chi connectivity index (χ3n) is 4.04. The summed E-state index contributed by atoms with van der Waals surface area (Å²) in [5.41, 5.74) is 1.15. The second kappa shape index (κ2) is 7.65. The number of rotatable bonds is 8. The summed E-state index contributed by atoms with van der Waals surface area (Å²) in [7, 11) is 0. The van der Waals surface area contributed by atoms with E-state index in [4.69, 9.17) is 0 Å². The Hall–Kier alpha value is -0.870. The third-order valence-corrected chi connectivity index (χ3v) is 4.04. The number of nitrogens with zero attached hydrogens (tertiary/aromatic N) is 3. The van der Waals surface area contributed by atoms with Gasteiger partial charge in [-0.2, -0.15) is 5.10 Å². The zero-order valence-electron chi connectivity index (χ0n) is 12.4. The SMILES string of the molecule is CCC(C)n1ccc(CNCCCN2CCCC2)n1. The van der Waals surface area contributed by atoms with Crippen molar-refractivity contribution in [3.05, 3.63) is 18.0 Å². The quantitative estimate of drug-likeness (QED) is 0.732. The Morgan fingerprint density at radius 1 is 1.37 bits per heavy atom. The second-order valence-electron chi connectivity index (χ2n) is 5.62. The van der Waals surface area contributed by atoms with Crippen LogP contribution in [0.3, 0.4) is 0 Å². The lowest BCUT2D eigenvalue weighted by atomic mass is 10.3. The Bertz CT molecular complexity index is 355. The molecule has 1 fully saturated rings. The van der Waals surface area contributed by atoms with Crippen LogP contribution >= 0.6 is 0 Å². The van der Waals surface area contributed by atoms with Crippen LogP contribution in [0.1, 0.15) is 51.3 Å². The fourth-order valence-corrected chi connectivity index (χ4v) is 2.55. The van der Waals surface area contributed by atoms with E-state index in [-0.39, 0.29) is 0 Å². The Morgan fingerprint density at radius 2 is 2.16 bits per heavy atom. The molecule has 4 heteroatoms. The molecule has 4 nitrogen and oxygen atoms in total. The highest BCUT2D eigenvalue weighted by atomic mass is 15.3. The van der Waals surface area contributed by atoms with Crippen LogP contribution in [0.2, 0.25) is 0 Å². The topological polar surface area (TPSA) is 33.1 Å². The van der Waals surface area contributed by atoms with Crippen molar-refractivity contribution >= 4 is 0 Å². The second-order valence-corrected chi connectivity index (χ2v) is 5.62. The van der Waals surface area contributed by atoms with E-state index >= 15 is 0 Å². The highest BCUT2D eigenvalue weighted by molar-refractivity contribution is 4.99. The Labute approximate surface area is 117 Å². The minimum atomic E-state index is 0.504. The number of hydrogen-bond donors (Lipinski definition) is 1. The fraction of sp³-hybridized carbons (Fsp3) is 0.800. The molecule has 0 saturated carbocycles. The van der Waals surface area contributed by atoms with E-state index in [1.54, 1.807) is 0 Å². The van der Waals surface area contributed by atoms with E-state index in [1.165, 1.54) is 38.9 Å². The van der Waals surface area contributed by atoms with Crippen LogP contribution in [-0.4, -0.2) is 40.9 Å². The largest absolute Gasteiger partial charge is 0.311 e. The average Bonchev–Trinajstić information content (AvgIpc) is 3.08. The summed E-state index contributed by atoms with van der Waals surface area (Å²) in [5, 5.41) is 8.09. The molecule has 1 aromatic heterocycles. The van der Waals surface area contributed by atoms with Crippen molar-refractivity contribution in [3.8, 4) is 0 Å². The molecule has 1 N–H and O–H groups in total. The number of nitrogens with one attached hydrogen (secondary N) is 1. The van der Waals surface area contributed by atoms with E-state index in [1.807, 2.05) is 0 Å². The van der Waals surface area contributed by atoms with Gasteiger partial charge in [-0.25, -0.2) is 0 Å². The van der Waals surface area contributed by atoms with Gasteiger partial charge in [-0.15, -0.1) is 0 Å². The normalized spacial score (nSPS) is 18.0. The minimum absolute atomic E-state index is 0.504. The molecule has 108 valence electrons. The van der Waals surface area contributed by atoms with Crippen LogP contribution in [0.5, 0.6) is 0 Å². The first-order valence-corrected chi connectivity index (χ1v) is 7.76. The summed E-state index contributed by atoms with van der Waals surface area (Å²) < 4.78 is 2.07. The van der Waals surface area contributed by atoms with E-state index in [0.29, 0.717) is 6.04 Å². The molecule has 1 aliphatic rings.